The van der Waals surface area contributed by atoms with Gasteiger partial charge in [0, 0.05) is 42.1 Å². The highest BCUT2D eigenvalue weighted by Crippen LogP contribution is 2.30. The van der Waals surface area contributed by atoms with Crippen molar-refractivity contribution in [2.24, 2.45) is 0 Å². The quantitative estimate of drug-likeness (QED) is 0.618. The fourth-order valence-electron chi connectivity index (χ4n) is 3.13. The van der Waals surface area contributed by atoms with Crippen LogP contribution >= 0.6 is 11.3 Å². The second-order valence-electron chi connectivity index (χ2n) is 6.28. The fourth-order valence-corrected chi connectivity index (χ4v) is 3.83. The average molecular weight is 336 g/mol. The molecule has 3 heterocycles. The number of fused-ring (bicyclic) bond motifs is 2. The Bertz CT molecular complexity index is 1010. The van der Waals surface area contributed by atoms with Crippen LogP contribution in [0.1, 0.15) is 28.9 Å². The zero-order chi connectivity index (χ0) is 16.1. The molecule has 1 amide bonds. The van der Waals surface area contributed by atoms with Crippen molar-refractivity contribution in [3.8, 4) is 0 Å². The summed E-state index contributed by atoms with van der Waals surface area (Å²) in [7, 11) is 0. The molecule has 1 aromatic carbocycles. The highest BCUT2D eigenvalue weighted by Gasteiger charge is 2.34. The molecule has 1 saturated carbocycles. The van der Waals surface area contributed by atoms with Gasteiger partial charge in [0.1, 0.15) is 5.69 Å². The van der Waals surface area contributed by atoms with Gasteiger partial charge >= 0.3 is 0 Å². The van der Waals surface area contributed by atoms with E-state index in [2.05, 4.69) is 34.2 Å². The zero-order valence-electron chi connectivity index (χ0n) is 13.0. The maximum absolute atomic E-state index is 13.0. The third-order valence-electron chi connectivity index (χ3n) is 4.53. The number of imidazole rings is 1. The molecule has 1 N–H and O–H groups in total. The molecule has 5 nitrogen and oxygen atoms in total. The number of carbonyl (C=O) groups excluding carboxylic acids is 1. The summed E-state index contributed by atoms with van der Waals surface area (Å²) in [5.41, 5.74) is 2.82. The molecule has 120 valence electrons. The summed E-state index contributed by atoms with van der Waals surface area (Å²) in [6.07, 6.45) is 7.88. The Morgan fingerprint density at radius 3 is 3.12 bits per heavy atom. The number of hydrogen-bond acceptors (Lipinski definition) is 3. The Balaban J connectivity index is 1.45. The van der Waals surface area contributed by atoms with Crippen LogP contribution in [-0.4, -0.2) is 31.2 Å². The van der Waals surface area contributed by atoms with Crippen molar-refractivity contribution >= 4 is 33.1 Å². The van der Waals surface area contributed by atoms with Crippen LogP contribution in [0, 0.1) is 0 Å². The molecule has 0 bridgehead atoms. The van der Waals surface area contributed by atoms with E-state index in [-0.39, 0.29) is 5.91 Å². The van der Waals surface area contributed by atoms with Crippen LogP contribution in [0.3, 0.4) is 0 Å². The van der Waals surface area contributed by atoms with Crippen molar-refractivity contribution in [3.05, 3.63) is 59.5 Å². The van der Waals surface area contributed by atoms with Crippen LogP contribution < -0.4 is 0 Å². The SMILES string of the molecule is O=C(c1cn2ccsc2n1)N(Cc1ccc2[nH]ccc2c1)C1CC1. The van der Waals surface area contributed by atoms with Gasteiger partial charge in [0.05, 0.1) is 0 Å². The molecule has 5 rings (SSSR count). The van der Waals surface area contributed by atoms with Gasteiger partial charge in [-0.3, -0.25) is 9.20 Å². The second kappa shape index (κ2) is 5.21. The van der Waals surface area contributed by atoms with Gasteiger partial charge in [-0.2, -0.15) is 0 Å². The largest absolute Gasteiger partial charge is 0.361 e. The van der Waals surface area contributed by atoms with Crippen LogP contribution in [-0.2, 0) is 6.54 Å². The minimum absolute atomic E-state index is 0.0302. The summed E-state index contributed by atoms with van der Waals surface area (Å²) in [6.45, 7) is 0.635. The Labute approximate surface area is 142 Å². The lowest BCUT2D eigenvalue weighted by Crippen LogP contribution is -2.32. The van der Waals surface area contributed by atoms with Gasteiger partial charge in [-0.25, -0.2) is 4.98 Å². The summed E-state index contributed by atoms with van der Waals surface area (Å²) in [5.74, 6) is 0.0302. The lowest BCUT2D eigenvalue weighted by molar-refractivity contribution is 0.0724. The molecule has 1 aliphatic rings. The van der Waals surface area contributed by atoms with Gasteiger partial charge < -0.3 is 9.88 Å². The molecule has 1 fully saturated rings. The van der Waals surface area contributed by atoms with Crippen molar-refractivity contribution in [1.82, 2.24) is 19.3 Å². The van der Waals surface area contributed by atoms with Crippen molar-refractivity contribution in [2.75, 3.05) is 0 Å². The molecule has 0 radical (unpaired) electrons. The van der Waals surface area contributed by atoms with Gasteiger partial charge in [-0.1, -0.05) is 6.07 Å². The number of thiazole rings is 1. The van der Waals surface area contributed by atoms with Crippen molar-refractivity contribution in [3.63, 3.8) is 0 Å². The molecule has 0 saturated heterocycles. The molecule has 0 unspecified atom stereocenters. The number of rotatable bonds is 4. The van der Waals surface area contributed by atoms with Gasteiger partial charge in [-0.05, 0) is 42.0 Å². The number of amides is 1. The highest BCUT2D eigenvalue weighted by molar-refractivity contribution is 7.15. The van der Waals surface area contributed by atoms with Crippen LogP contribution in [0.2, 0.25) is 0 Å². The van der Waals surface area contributed by atoms with Gasteiger partial charge in [0.25, 0.3) is 5.91 Å². The standard InChI is InChI=1S/C18H16N4OS/c23-17(16-11-21-7-8-24-18(21)20-16)22(14-2-3-14)10-12-1-4-15-13(9-12)5-6-19-15/h1,4-9,11,14,19H,2-3,10H2. The Hall–Kier alpha value is -2.60. The lowest BCUT2D eigenvalue weighted by Gasteiger charge is -2.21. The molecule has 4 aromatic rings. The third kappa shape index (κ3) is 2.30. The number of nitrogens with zero attached hydrogens (tertiary/aromatic N) is 3. The van der Waals surface area contributed by atoms with Crippen molar-refractivity contribution in [1.29, 1.82) is 0 Å². The second-order valence-corrected chi connectivity index (χ2v) is 7.16. The molecule has 3 aromatic heterocycles. The number of carbonyl (C=O) groups is 1. The lowest BCUT2D eigenvalue weighted by atomic mass is 10.1. The van der Waals surface area contributed by atoms with Crippen LogP contribution in [0.15, 0.2) is 48.2 Å². The first-order valence-electron chi connectivity index (χ1n) is 8.07. The number of H-pyrrole nitrogens is 1. The van der Waals surface area contributed by atoms with Crippen molar-refractivity contribution < 1.29 is 4.79 Å². The monoisotopic (exact) mass is 336 g/mol. The molecule has 24 heavy (non-hydrogen) atoms. The minimum atomic E-state index is 0.0302. The van der Waals surface area contributed by atoms with E-state index in [1.807, 2.05) is 33.3 Å². The fraction of sp³-hybridized carbons (Fsp3) is 0.222. The van der Waals surface area contributed by atoms with E-state index in [1.54, 1.807) is 11.3 Å². The van der Waals surface area contributed by atoms with Gasteiger partial charge in [-0.15, -0.1) is 11.3 Å². The minimum Gasteiger partial charge on any atom is -0.361 e. The number of aromatic amines is 1. The topological polar surface area (TPSA) is 53.4 Å². The van der Waals surface area contributed by atoms with Crippen LogP contribution in [0.25, 0.3) is 15.9 Å². The predicted octanol–water partition coefficient (Wildman–Crippen LogP) is 3.68. The summed E-state index contributed by atoms with van der Waals surface area (Å²) >= 11 is 1.55. The van der Waals surface area contributed by atoms with Crippen molar-refractivity contribution in [2.45, 2.75) is 25.4 Å². The van der Waals surface area contributed by atoms with E-state index >= 15 is 0 Å². The van der Waals surface area contributed by atoms with E-state index in [0.29, 0.717) is 18.3 Å². The molecular formula is C18H16N4OS. The molecular weight excluding hydrogens is 320 g/mol. The number of benzene rings is 1. The molecule has 0 atom stereocenters. The van der Waals surface area contributed by atoms with Gasteiger partial charge in [0.2, 0.25) is 0 Å². The first-order valence-corrected chi connectivity index (χ1v) is 8.95. The molecule has 1 aliphatic carbocycles. The Morgan fingerprint density at radius 1 is 1.38 bits per heavy atom. The van der Waals surface area contributed by atoms with E-state index in [4.69, 9.17) is 0 Å². The third-order valence-corrected chi connectivity index (χ3v) is 5.30. The number of nitrogens with one attached hydrogen (secondary N) is 1. The summed E-state index contributed by atoms with van der Waals surface area (Å²) < 4.78 is 1.91. The van der Waals surface area contributed by atoms with E-state index < -0.39 is 0 Å². The Morgan fingerprint density at radius 2 is 2.29 bits per heavy atom. The van der Waals surface area contributed by atoms with Gasteiger partial charge in [0.15, 0.2) is 4.96 Å². The number of aromatic nitrogens is 3. The highest BCUT2D eigenvalue weighted by atomic mass is 32.1. The molecule has 0 aliphatic heterocycles. The average Bonchev–Trinajstić information content (AvgIpc) is 2.98. The molecule has 0 spiro atoms. The Kier molecular flexibility index (Phi) is 2.99. The zero-order valence-corrected chi connectivity index (χ0v) is 13.8. The van der Waals surface area contributed by atoms with E-state index in [9.17, 15) is 4.79 Å². The maximum Gasteiger partial charge on any atom is 0.274 e. The first-order chi connectivity index (χ1) is 11.8. The maximum atomic E-state index is 13.0. The summed E-state index contributed by atoms with van der Waals surface area (Å²) in [4.78, 5) is 23.5. The predicted molar refractivity (Wildman–Crippen MR) is 94.3 cm³/mol. The summed E-state index contributed by atoms with van der Waals surface area (Å²) in [6, 6.07) is 8.73. The smallest absolute Gasteiger partial charge is 0.274 e. The van der Waals surface area contributed by atoms with E-state index in [1.165, 1.54) is 5.39 Å². The first kappa shape index (κ1) is 13.8. The normalized spacial score (nSPS) is 14.5. The van der Waals surface area contributed by atoms with Crippen LogP contribution in [0.4, 0.5) is 0 Å². The van der Waals surface area contributed by atoms with E-state index in [0.717, 1.165) is 28.9 Å². The van der Waals surface area contributed by atoms with Crippen LogP contribution in [0.5, 0.6) is 0 Å². The summed E-state index contributed by atoms with van der Waals surface area (Å²) in [5, 5.41) is 3.15. The molecule has 6 heteroatoms. The number of hydrogen-bond donors (Lipinski definition) is 1.